The number of carbonyl (C=O) groups is 1. The number of hydrogen-bond donors (Lipinski definition) is 1. The van der Waals surface area contributed by atoms with E-state index in [1.165, 1.54) is 11.9 Å². The topological polar surface area (TPSA) is 66.5 Å². The van der Waals surface area contributed by atoms with Crippen molar-refractivity contribution < 1.29 is 13.2 Å². The van der Waals surface area contributed by atoms with Gasteiger partial charge in [-0.1, -0.05) is 60.2 Å². The molecule has 0 heterocycles. The predicted octanol–water partition coefficient (Wildman–Crippen LogP) is 6.36. The van der Waals surface area contributed by atoms with Gasteiger partial charge in [0.25, 0.3) is 15.9 Å². The highest BCUT2D eigenvalue weighted by molar-refractivity contribution is 7.98. The van der Waals surface area contributed by atoms with Crippen LogP contribution in [0.3, 0.4) is 0 Å². The van der Waals surface area contributed by atoms with E-state index in [0.29, 0.717) is 11.4 Å². The van der Waals surface area contributed by atoms with Crippen LogP contribution in [0.15, 0.2) is 113 Å². The first kappa shape index (κ1) is 24.6. The van der Waals surface area contributed by atoms with Crippen LogP contribution >= 0.6 is 11.8 Å². The molecule has 0 aliphatic rings. The summed E-state index contributed by atoms with van der Waals surface area (Å²) in [4.78, 5) is 14.5. The average molecular weight is 503 g/mol. The van der Waals surface area contributed by atoms with Gasteiger partial charge >= 0.3 is 0 Å². The Morgan fingerprint density at radius 2 is 1.46 bits per heavy atom. The summed E-state index contributed by atoms with van der Waals surface area (Å²) in [5, 5.41) is 2.89. The first-order chi connectivity index (χ1) is 16.8. The van der Waals surface area contributed by atoms with E-state index in [1.807, 2.05) is 49.4 Å². The Kier molecular flexibility index (Phi) is 7.58. The lowest BCUT2D eigenvalue weighted by Gasteiger charge is -2.22. The molecule has 178 valence electrons. The van der Waals surface area contributed by atoms with Gasteiger partial charge in [-0.3, -0.25) is 9.10 Å². The molecule has 0 spiro atoms. The van der Waals surface area contributed by atoms with Crippen LogP contribution < -0.4 is 9.62 Å². The average Bonchev–Trinajstić information content (AvgIpc) is 2.88. The second-order valence-corrected chi connectivity index (χ2v) is 11.1. The maximum atomic E-state index is 13.2. The number of thioether (sulfide) groups is 1. The molecule has 0 unspecified atom stereocenters. The van der Waals surface area contributed by atoms with Crippen LogP contribution in [0.4, 0.5) is 11.4 Å². The zero-order valence-corrected chi connectivity index (χ0v) is 21.1. The molecule has 4 aromatic rings. The molecule has 0 bridgehead atoms. The van der Waals surface area contributed by atoms with Crippen molar-refractivity contribution in [2.24, 2.45) is 0 Å². The largest absolute Gasteiger partial charge is 0.322 e. The Hall–Kier alpha value is -3.55. The van der Waals surface area contributed by atoms with E-state index in [-0.39, 0.29) is 16.4 Å². The van der Waals surface area contributed by atoms with Crippen LogP contribution in [0, 0.1) is 6.92 Å². The van der Waals surface area contributed by atoms with Gasteiger partial charge in [0.1, 0.15) is 0 Å². The molecule has 0 aliphatic heterocycles. The minimum Gasteiger partial charge on any atom is -0.322 e. The van der Waals surface area contributed by atoms with Crippen molar-refractivity contribution in [1.82, 2.24) is 0 Å². The maximum Gasteiger partial charge on any atom is 0.264 e. The lowest BCUT2D eigenvalue weighted by atomic mass is 10.1. The molecule has 4 aromatic carbocycles. The van der Waals surface area contributed by atoms with Crippen molar-refractivity contribution in [3.05, 3.63) is 120 Å². The van der Waals surface area contributed by atoms with Gasteiger partial charge in [-0.25, -0.2) is 8.42 Å². The second-order valence-electron chi connectivity index (χ2n) is 8.06. The normalized spacial score (nSPS) is 11.1. The Bertz CT molecular complexity index is 1400. The smallest absolute Gasteiger partial charge is 0.264 e. The van der Waals surface area contributed by atoms with Crippen molar-refractivity contribution in [3.63, 3.8) is 0 Å². The second kappa shape index (κ2) is 10.8. The predicted molar refractivity (Wildman–Crippen MR) is 144 cm³/mol. The lowest BCUT2D eigenvalue weighted by Crippen LogP contribution is -2.29. The summed E-state index contributed by atoms with van der Waals surface area (Å²) in [6.07, 6.45) is 0. The van der Waals surface area contributed by atoms with Crippen LogP contribution in [0.5, 0.6) is 0 Å². The molecule has 0 saturated heterocycles. The summed E-state index contributed by atoms with van der Waals surface area (Å²) in [7, 11) is -2.36. The molecule has 0 saturated carbocycles. The van der Waals surface area contributed by atoms with E-state index >= 15 is 0 Å². The van der Waals surface area contributed by atoms with Gasteiger partial charge in [-0.15, -0.1) is 11.8 Å². The van der Waals surface area contributed by atoms with Crippen molar-refractivity contribution >= 4 is 39.1 Å². The Morgan fingerprint density at radius 3 is 2.14 bits per heavy atom. The quantitative estimate of drug-likeness (QED) is 0.285. The molecule has 1 amide bonds. The number of para-hydroxylation sites is 1. The summed E-state index contributed by atoms with van der Waals surface area (Å²) >= 11 is 1.75. The number of rotatable bonds is 8. The third kappa shape index (κ3) is 5.93. The standard InChI is InChI=1S/C28H26N2O3S2/c1-21-12-18-25(19-13-21)35(32,33)30(2)27-11-7-6-10-26(27)28(31)29-23-16-14-22(15-17-23)20-34-24-8-4-3-5-9-24/h3-19H,20H2,1-2H3,(H,29,31). The van der Waals surface area contributed by atoms with Gasteiger partial charge in [-0.05, 0) is 61.0 Å². The summed E-state index contributed by atoms with van der Waals surface area (Å²) < 4.78 is 27.5. The van der Waals surface area contributed by atoms with Crippen LogP contribution in [0.25, 0.3) is 0 Å². The summed E-state index contributed by atoms with van der Waals surface area (Å²) in [6, 6.07) is 31.2. The molecule has 0 atom stereocenters. The zero-order chi connectivity index (χ0) is 24.8. The number of benzene rings is 4. The van der Waals surface area contributed by atoms with Crippen LogP contribution in [-0.4, -0.2) is 21.4 Å². The molecule has 4 rings (SSSR count). The van der Waals surface area contributed by atoms with Gasteiger partial charge in [0.2, 0.25) is 0 Å². The van der Waals surface area contributed by atoms with E-state index in [4.69, 9.17) is 0 Å². The van der Waals surface area contributed by atoms with Gasteiger partial charge in [-0.2, -0.15) is 0 Å². The molecular weight excluding hydrogens is 476 g/mol. The van der Waals surface area contributed by atoms with Crippen molar-refractivity contribution in [2.45, 2.75) is 22.5 Å². The van der Waals surface area contributed by atoms with Crippen molar-refractivity contribution in [3.8, 4) is 0 Å². The number of anilines is 2. The molecule has 7 heteroatoms. The lowest BCUT2D eigenvalue weighted by molar-refractivity contribution is 0.102. The third-order valence-electron chi connectivity index (χ3n) is 5.53. The Balaban J connectivity index is 1.48. The van der Waals surface area contributed by atoms with Gasteiger partial charge in [0, 0.05) is 23.4 Å². The first-order valence-corrected chi connectivity index (χ1v) is 13.5. The SMILES string of the molecule is Cc1ccc(S(=O)(=O)N(C)c2ccccc2C(=O)Nc2ccc(CSc3ccccc3)cc2)cc1. The van der Waals surface area contributed by atoms with Crippen LogP contribution in [-0.2, 0) is 15.8 Å². The number of carbonyl (C=O) groups excluding carboxylic acids is 1. The van der Waals surface area contributed by atoms with Gasteiger partial charge in [0.15, 0.2) is 0 Å². The van der Waals surface area contributed by atoms with Crippen LogP contribution in [0.1, 0.15) is 21.5 Å². The number of amides is 1. The maximum absolute atomic E-state index is 13.2. The Morgan fingerprint density at radius 1 is 0.829 bits per heavy atom. The zero-order valence-electron chi connectivity index (χ0n) is 19.5. The molecule has 1 N–H and O–H groups in total. The molecule has 0 fully saturated rings. The van der Waals surface area contributed by atoms with Gasteiger partial charge in [0.05, 0.1) is 16.1 Å². The molecule has 0 radical (unpaired) electrons. The minimum atomic E-state index is -3.82. The minimum absolute atomic E-state index is 0.171. The van der Waals surface area contributed by atoms with Crippen molar-refractivity contribution in [2.75, 3.05) is 16.7 Å². The number of hydrogen-bond acceptors (Lipinski definition) is 4. The molecule has 0 aliphatic carbocycles. The highest BCUT2D eigenvalue weighted by Crippen LogP contribution is 2.27. The van der Waals surface area contributed by atoms with Gasteiger partial charge < -0.3 is 5.32 Å². The number of nitrogens with zero attached hydrogens (tertiary/aromatic N) is 1. The fraction of sp³-hybridized carbons (Fsp3) is 0.107. The number of nitrogens with one attached hydrogen (secondary N) is 1. The summed E-state index contributed by atoms with van der Waals surface area (Å²) in [6.45, 7) is 1.90. The van der Waals surface area contributed by atoms with Crippen LogP contribution in [0.2, 0.25) is 0 Å². The fourth-order valence-electron chi connectivity index (χ4n) is 3.50. The fourth-order valence-corrected chi connectivity index (χ4v) is 5.59. The highest BCUT2D eigenvalue weighted by Gasteiger charge is 2.25. The van der Waals surface area contributed by atoms with E-state index in [1.54, 1.807) is 60.3 Å². The third-order valence-corrected chi connectivity index (χ3v) is 8.40. The number of sulfonamides is 1. The molecule has 0 aromatic heterocycles. The van der Waals surface area contributed by atoms with Crippen molar-refractivity contribution in [1.29, 1.82) is 0 Å². The number of aryl methyl sites for hydroxylation is 1. The molecular formula is C28H26N2O3S2. The van der Waals surface area contributed by atoms with E-state index in [9.17, 15) is 13.2 Å². The summed E-state index contributed by atoms with van der Waals surface area (Å²) in [5.41, 5.74) is 3.33. The summed E-state index contributed by atoms with van der Waals surface area (Å²) in [5.74, 6) is 0.445. The monoisotopic (exact) mass is 502 g/mol. The molecule has 35 heavy (non-hydrogen) atoms. The van der Waals surface area contributed by atoms with E-state index in [0.717, 1.165) is 21.2 Å². The van der Waals surface area contributed by atoms with E-state index in [2.05, 4.69) is 17.4 Å². The first-order valence-electron chi connectivity index (χ1n) is 11.1. The highest BCUT2D eigenvalue weighted by atomic mass is 32.2. The van der Waals surface area contributed by atoms with E-state index < -0.39 is 10.0 Å². The molecule has 5 nitrogen and oxygen atoms in total. The Labute approximate surface area is 210 Å².